The van der Waals surface area contributed by atoms with E-state index in [4.69, 9.17) is 0 Å². The minimum Gasteiger partial charge on any atom is -0.357 e. The minimum absolute atomic E-state index is 0.0563. The van der Waals surface area contributed by atoms with Crippen LogP contribution in [-0.2, 0) is 17.9 Å². The molecule has 0 saturated heterocycles. The molecule has 0 unspecified atom stereocenters. The van der Waals surface area contributed by atoms with Gasteiger partial charge in [-0.05, 0) is 55.0 Å². The molecule has 0 spiro atoms. The molecule has 0 aliphatic rings. The number of nitrogens with one attached hydrogen (secondary N) is 3. The van der Waals surface area contributed by atoms with Crippen LogP contribution >= 0.6 is 11.3 Å². The van der Waals surface area contributed by atoms with Crippen LogP contribution in [0.1, 0.15) is 42.7 Å². The summed E-state index contributed by atoms with van der Waals surface area (Å²) in [5, 5.41) is 11.7. The number of amides is 1. The summed E-state index contributed by atoms with van der Waals surface area (Å²) in [5.41, 5.74) is 3.23. The Balaban J connectivity index is 1.91. The lowest BCUT2D eigenvalue weighted by atomic mass is 10.2. The predicted octanol–water partition coefficient (Wildman–Crippen LogP) is 4.05. The van der Waals surface area contributed by atoms with E-state index in [-0.39, 0.29) is 5.91 Å². The number of carbonyl (C=O) groups excluding carboxylic acids is 1. The van der Waals surface area contributed by atoms with Crippen LogP contribution in [-0.4, -0.2) is 18.4 Å². The van der Waals surface area contributed by atoms with Crippen LogP contribution in [0.5, 0.6) is 0 Å². The third kappa shape index (κ3) is 6.52. The highest BCUT2D eigenvalue weighted by Gasteiger charge is 2.03. The number of benzene rings is 1. The molecule has 1 aromatic carbocycles. The molecule has 0 aliphatic heterocycles. The zero-order chi connectivity index (χ0) is 18.8. The third-order valence-corrected chi connectivity index (χ3v) is 4.89. The Kier molecular flexibility index (Phi) is 8.15. The number of aliphatic imine (C=N–C) groups is 1. The molecule has 5 nitrogen and oxygen atoms in total. The van der Waals surface area contributed by atoms with Crippen molar-refractivity contribution in [3.05, 3.63) is 51.7 Å². The molecule has 6 heteroatoms. The molecule has 0 atom stereocenters. The number of guanidine groups is 1. The zero-order valence-electron chi connectivity index (χ0n) is 15.8. The zero-order valence-corrected chi connectivity index (χ0v) is 16.6. The Morgan fingerprint density at radius 3 is 2.50 bits per heavy atom. The quantitative estimate of drug-likeness (QED) is 0.484. The van der Waals surface area contributed by atoms with Crippen molar-refractivity contribution >= 4 is 28.9 Å². The number of rotatable bonds is 8. The van der Waals surface area contributed by atoms with E-state index in [2.05, 4.69) is 46.2 Å². The number of hydrogen-bond donors (Lipinski definition) is 3. The van der Waals surface area contributed by atoms with E-state index in [9.17, 15) is 4.79 Å². The summed E-state index contributed by atoms with van der Waals surface area (Å²) < 4.78 is 0. The molecular formula is C20H28N4OS. The Bertz CT molecular complexity index is 722. The maximum absolute atomic E-state index is 11.6. The van der Waals surface area contributed by atoms with Gasteiger partial charge in [-0.15, -0.1) is 11.3 Å². The van der Waals surface area contributed by atoms with Crippen molar-refractivity contribution in [3.63, 3.8) is 0 Å². The fourth-order valence-electron chi connectivity index (χ4n) is 2.41. The summed E-state index contributed by atoms with van der Waals surface area (Å²) >= 11 is 1.75. The van der Waals surface area contributed by atoms with Crippen LogP contribution in [0.25, 0.3) is 0 Å². The van der Waals surface area contributed by atoms with Gasteiger partial charge in [0.25, 0.3) is 0 Å². The molecule has 1 amide bonds. The van der Waals surface area contributed by atoms with Crippen molar-refractivity contribution in [2.45, 2.75) is 46.7 Å². The molecule has 1 aromatic heterocycles. The van der Waals surface area contributed by atoms with Crippen molar-refractivity contribution in [2.24, 2.45) is 4.99 Å². The third-order valence-electron chi connectivity index (χ3n) is 3.86. The van der Waals surface area contributed by atoms with Gasteiger partial charge in [0.1, 0.15) is 0 Å². The summed E-state index contributed by atoms with van der Waals surface area (Å²) in [7, 11) is 0. The van der Waals surface area contributed by atoms with Gasteiger partial charge < -0.3 is 16.0 Å². The normalized spacial score (nSPS) is 11.3. The molecule has 26 heavy (non-hydrogen) atoms. The van der Waals surface area contributed by atoms with E-state index in [1.807, 2.05) is 31.2 Å². The Morgan fingerprint density at radius 2 is 1.88 bits per heavy atom. The van der Waals surface area contributed by atoms with Crippen molar-refractivity contribution in [1.29, 1.82) is 0 Å². The molecular weight excluding hydrogens is 344 g/mol. The Morgan fingerprint density at radius 1 is 1.12 bits per heavy atom. The topological polar surface area (TPSA) is 65.5 Å². The van der Waals surface area contributed by atoms with Crippen LogP contribution < -0.4 is 16.0 Å². The average Bonchev–Trinajstić information content (AvgIpc) is 3.04. The lowest BCUT2D eigenvalue weighted by Gasteiger charge is -2.11. The fraction of sp³-hybridized carbons (Fsp3) is 0.400. The van der Waals surface area contributed by atoms with E-state index in [1.54, 1.807) is 11.3 Å². The van der Waals surface area contributed by atoms with Gasteiger partial charge >= 0.3 is 0 Å². The van der Waals surface area contributed by atoms with Gasteiger partial charge in [-0.25, -0.2) is 4.99 Å². The van der Waals surface area contributed by atoms with Crippen molar-refractivity contribution in [1.82, 2.24) is 10.6 Å². The molecule has 0 bridgehead atoms. The number of carbonyl (C=O) groups is 1. The van der Waals surface area contributed by atoms with E-state index in [1.165, 1.54) is 10.4 Å². The van der Waals surface area contributed by atoms with Crippen molar-refractivity contribution < 1.29 is 4.79 Å². The number of nitrogens with zero attached hydrogens (tertiary/aromatic N) is 1. The summed E-state index contributed by atoms with van der Waals surface area (Å²) in [4.78, 5) is 17.6. The van der Waals surface area contributed by atoms with Crippen LogP contribution in [0, 0.1) is 6.92 Å². The highest BCUT2D eigenvalue weighted by Crippen LogP contribution is 2.15. The summed E-state index contributed by atoms with van der Waals surface area (Å²) in [6, 6.07) is 9.98. The van der Waals surface area contributed by atoms with Gasteiger partial charge in [0.05, 0.1) is 13.1 Å². The summed E-state index contributed by atoms with van der Waals surface area (Å²) in [6.45, 7) is 8.35. The molecule has 140 valence electrons. The van der Waals surface area contributed by atoms with Crippen molar-refractivity contribution in [2.75, 3.05) is 11.9 Å². The molecule has 2 rings (SSSR count). The first-order chi connectivity index (χ1) is 12.6. The molecule has 3 N–H and O–H groups in total. The summed E-state index contributed by atoms with van der Waals surface area (Å²) in [5.74, 6) is 0.862. The molecule has 2 aromatic rings. The van der Waals surface area contributed by atoms with E-state index < -0.39 is 0 Å². The fourth-order valence-corrected chi connectivity index (χ4v) is 3.25. The van der Waals surface area contributed by atoms with Gasteiger partial charge in [-0.2, -0.15) is 0 Å². The van der Waals surface area contributed by atoms with E-state index in [0.717, 1.165) is 36.7 Å². The second-order valence-electron chi connectivity index (χ2n) is 6.07. The van der Waals surface area contributed by atoms with Gasteiger partial charge in [0.2, 0.25) is 5.91 Å². The summed E-state index contributed by atoms with van der Waals surface area (Å²) in [6.07, 6.45) is 1.40. The lowest BCUT2D eigenvalue weighted by molar-refractivity contribution is -0.116. The first kappa shape index (κ1) is 20.0. The van der Waals surface area contributed by atoms with Gasteiger partial charge in [-0.3, -0.25) is 4.79 Å². The average molecular weight is 373 g/mol. The molecule has 1 heterocycles. The molecule has 0 saturated carbocycles. The van der Waals surface area contributed by atoms with Gasteiger partial charge in [0, 0.05) is 23.5 Å². The smallest absolute Gasteiger partial charge is 0.224 e. The maximum Gasteiger partial charge on any atom is 0.224 e. The first-order valence-corrected chi connectivity index (χ1v) is 9.94. The van der Waals surface area contributed by atoms with Gasteiger partial charge in [0.15, 0.2) is 5.96 Å². The lowest BCUT2D eigenvalue weighted by Crippen LogP contribution is -2.36. The van der Waals surface area contributed by atoms with E-state index in [0.29, 0.717) is 13.0 Å². The van der Waals surface area contributed by atoms with Gasteiger partial charge in [-0.1, -0.05) is 19.1 Å². The number of anilines is 1. The Labute approximate surface area is 159 Å². The van der Waals surface area contributed by atoms with Crippen LogP contribution in [0.3, 0.4) is 0 Å². The first-order valence-electron chi connectivity index (χ1n) is 9.06. The van der Waals surface area contributed by atoms with Crippen LogP contribution in [0.4, 0.5) is 5.69 Å². The highest BCUT2D eigenvalue weighted by atomic mass is 32.1. The van der Waals surface area contributed by atoms with E-state index >= 15 is 0 Å². The minimum atomic E-state index is 0.0563. The maximum atomic E-state index is 11.6. The van der Waals surface area contributed by atoms with Crippen LogP contribution in [0.15, 0.2) is 40.7 Å². The number of aryl methyl sites for hydroxylation is 1. The predicted molar refractivity (Wildman–Crippen MR) is 111 cm³/mol. The number of thiophene rings is 1. The standard InChI is InChI=1S/C20H28N4OS/c1-4-6-19(25)24-17-9-7-16(8-10-17)13-22-20(21-5-2)23-14-18-15(3)11-12-26-18/h7-12H,4-6,13-14H2,1-3H3,(H,24,25)(H2,21,22,23). The molecule has 0 aliphatic carbocycles. The second kappa shape index (κ2) is 10.6. The SMILES string of the molecule is CCCC(=O)Nc1ccc(CN=C(NCC)NCc2sccc2C)cc1. The molecule has 0 radical (unpaired) electrons. The largest absolute Gasteiger partial charge is 0.357 e. The monoisotopic (exact) mass is 372 g/mol. The van der Waals surface area contributed by atoms with Crippen LogP contribution in [0.2, 0.25) is 0 Å². The second-order valence-corrected chi connectivity index (χ2v) is 7.07. The number of hydrogen-bond acceptors (Lipinski definition) is 3. The molecule has 0 fully saturated rings. The van der Waals surface area contributed by atoms with Crippen molar-refractivity contribution in [3.8, 4) is 0 Å². The highest BCUT2D eigenvalue weighted by molar-refractivity contribution is 7.10. The Hall–Kier alpha value is -2.34.